The number of fused-ring (bicyclic) bond motifs is 4. The summed E-state index contributed by atoms with van der Waals surface area (Å²) in [7, 11) is 2.08. The van der Waals surface area contributed by atoms with Crippen LogP contribution in [0.3, 0.4) is 0 Å². The first-order chi connectivity index (χ1) is 28.3. The molecule has 6 aromatic rings. The zero-order valence-corrected chi connectivity index (χ0v) is 32.2. The summed E-state index contributed by atoms with van der Waals surface area (Å²) in [6.07, 6.45) is 10.6. The molecule has 3 aliphatic rings. The van der Waals surface area contributed by atoms with Crippen molar-refractivity contribution in [3.63, 3.8) is 0 Å². The molecule has 1 N–H and O–H groups in total. The number of rotatable bonds is 14. The van der Waals surface area contributed by atoms with E-state index < -0.39 is 17.9 Å². The number of ether oxygens (including phenoxy) is 3. The highest BCUT2D eigenvalue weighted by Gasteiger charge is 2.44. The number of imide groups is 1. The Morgan fingerprint density at radius 3 is 2.45 bits per heavy atom. The summed E-state index contributed by atoms with van der Waals surface area (Å²) in [6.45, 7) is 6.76. The van der Waals surface area contributed by atoms with Gasteiger partial charge in [-0.3, -0.25) is 29.3 Å². The molecule has 0 bridgehead atoms. The van der Waals surface area contributed by atoms with Gasteiger partial charge in [-0.1, -0.05) is 18.7 Å². The van der Waals surface area contributed by atoms with Crippen LogP contribution in [0.15, 0.2) is 104 Å². The van der Waals surface area contributed by atoms with Crippen LogP contribution in [0.1, 0.15) is 52.1 Å². The molecule has 3 amide bonds. The maximum Gasteiger partial charge on any atom is 0.262 e. The number of amides is 3. The minimum atomic E-state index is -0.820. The topological polar surface area (TPSA) is 141 Å². The molecular formula is C45H43N7O6. The van der Waals surface area contributed by atoms with E-state index in [1.165, 1.54) is 5.39 Å². The number of carbonyl (C=O) groups is 3. The number of pyridine rings is 3. The monoisotopic (exact) mass is 777 g/mol. The van der Waals surface area contributed by atoms with Crippen molar-refractivity contribution in [3.05, 3.63) is 121 Å². The number of nitrogens with one attached hydrogen (secondary N) is 1. The zero-order chi connectivity index (χ0) is 39.8. The van der Waals surface area contributed by atoms with Crippen molar-refractivity contribution >= 4 is 45.2 Å². The number of carbonyl (C=O) groups excluding carboxylic acids is 3. The summed E-state index contributed by atoms with van der Waals surface area (Å²) < 4.78 is 20.1. The average Bonchev–Trinajstić information content (AvgIpc) is 3.65. The van der Waals surface area contributed by atoms with E-state index in [0.29, 0.717) is 80.6 Å². The number of piperidine rings is 1. The molecule has 13 heteroatoms. The lowest BCUT2D eigenvalue weighted by atomic mass is 10.0. The predicted molar refractivity (Wildman–Crippen MR) is 219 cm³/mol. The van der Waals surface area contributed by atoms with Crippen LogP contribution in [-0.4, -0.2) is 87.2 Å². The Kier molecular flexibility index (Phi) is 10.0. The van der Waals surface area contributed by atoms with Gasteiger partial charge in [-0.15, -0.1) is 0 Å². The number of hydrogen-bond acceptors (Lipinski definition) is 10. The van der Waals surface area contributed by atoms with Crippen LogP contribution >= 0.6 is 0 Å². The molecular weight excluding hydrogens is 735 g/mol. The fraction of sp³-hybridized carbons (Fsp3) is 0.289. The van der Waals surface area contributed by atoms with E-state index in [-0.39, 0.29) is 12.0 Å². The third-order valence-corrected chi connectivity index (χ3v) is 11.2. The van der Waals surface area contributed by atoms with Gasteiger partial charge in [-0.2, -0.15) is 0 Å². The van der Waals surface area contributed by atoms with Gasteiger partial charge in [-0.05, 0) is 79.8 Å². The Hall–Kier alpha value is -6.60. The molecule has 2 aromatic carbocycles. The number of anilines is 1. The van der Waals surface area contributed by atoms with E-state index in [2.05, 4.69) is 61.6 Å². The quantitative estimate of drug-likeness (QED) is 0.0996. The van der Waals surface area contributed by atoms with Gasteiger partial charge in [0.05, 0.1) is 42.2 Å². The summed E-state index contributed by atoms with van der Waals surface area (Å²) in [5.74, 6) is 0.0687. The highest BCUT2D eigenvalue weighted by Crippen LogP contribution is 2.34. The molecule has 0 aliphatic carbocycles. The molecule has 0 saturated carbocycles. The summed E-state index contributed by atoms with van der Waals surface area (Å²) in [5, 5.41) is 5.00. The van der Waals surface area contributed by atoms with E-state index in [0.717, 1.165) is 56.7 Å². The average molecular weight is 778 g/mol. The maximum absolute atomic E-state index is 13.2. The normalized spacial score (nSPS) is 16.9. The van der Waals surface area contributed by atoms with Gasteiger partial charge in [0, 0.05) is 96.8 Å². The zero-order valence-electron chi connectivity index (χ0n) is 32.2. The van der Waals surface area contributed by atoms with Gasteiger partial charge in [0.1, 0.15) is 11.8 Å². The fourth-order valence-electron chi connectivity index (χ4n) is 7.93. The van der Waals surface area contributed by atoms with E-state index >= 15 is 0 Å². The fourth-order valence-corrected chi connectivity index (χ4v) is 7.93. The largest absolute Gasteiger partial charge is 0.492 e. The molecule has 9 rings (SSSR count). The Balaban J connectivity index is 0.661. The Morgan fingerprint density at radius 2 is 1.64 bits per heavy atom. The van der Waals surface area contributed by atoms with Gasteiger partial charge < -0.3 is 29.0 Å². The Morgan fingerprint density at radius 1 is 0.793 bits per heavy atom. The highest BCUT2D eigenvalue weighted by atomic mass is 16.5. The predicted octanol–water partition coefficient (Wildman–Crippen LogP) is 6.26. The number of aromatic nitrogens is 4. The van der Waals surface area contributed by atoms with Crippen molar-refractivity contribution in [1.82, 2.24) is 29.7 Å². The SMILES string of the molecule is C=C1CCC(N2C(=O)c3ccc(N4CC(OCCCc5ccc(OCCCOc6ccc(-c7ccc8c9cnccc9n(C)c8c7)cn6)cn5)C4)cc3C2=O)C(=O)N1. The Bertz CT molecular complexity index is 2550. The molecule has 1 unspecified atom stereocenters. The van der Waals surface area contributed by atoms with Crippen LogP contribution in [0.25, 0.3) is 32.9 Å². The first kappa shape index (κ1) is 37.0. The van der Waals surface area contributed by atoms with Crippen molar-refractivity contribution < 1.29 is 28.6 Å². The second kappa shape index (κ2) is 15.7. The molecule has 0 radical (unpaired) electrons. The highest BCUT2D eigenvalue weighted by molar-refractivity contribution is 6.23. The van der Waals surface area contributed by atoms with Crippen LogP contribution < -0.4 is 19.7 Å². The van der Waals surface area contributed by atoms with Crippen LogP contribution in [0, 0.1) is 0 Å². The summed E-state index contributed by atoms with van der Waals surface area (Å²) in [6, 6.07) is 20.8. The van der Waals surface area contributed by atoms with Gasteiger partial charge in [0.25, 0.3) is 11.8 Å². The minimum Gasteiger partial charge on any atom is -0.492 e. The molecule has 3 aliphatic heterocycles. The minimum absolute atomic E-state index is 0.0825. The lowest BCUT2D eigenvalue weighted by Crippen LogP contribution is -2.52. The van der Waals surface area contributed by atoms with Crippen LogP contribution in [0.2, 0.25) is 0 Å². The van der Waals surface area contributed by atoms with E-state index in [4.69, 9.17) is 14.2 Å². The number of nitrogens with zero attached hydrogens (tertiary/aromatic N) is 6. The Labute approximate surface area is 335 Å². The molecule has 0 spiro atoms. The third kappa shape index (κ3) is 7.24. The molecule has 2 saturated heterocycles. The van der Waals surface area contributed by atoms with E-state index in [1.807, 2.05) is 55.0 Å². The van der Waals surface area contributed by atoms with Crippen LogP contribution in [0.5, 0.6) is 11.6 Å². The van der Waals surface area contributed by atoms with Gasteiger partial charge in [0.15, 0.2) is 0 Å². The lowest BCUT2D eigenvalue weighted by Gasteiger charge is -2.40. The molecule has 13 nitrogen and oxygen atoms in total. The van der Waals surface area contributed by atoms with Crippen molar-refractivity contribution in [2.75, 3.05) is 37.8 Å². The summed E-state index contributed by atoms with van der Waals surface area (Å²) >= 11 is 0. The first-order valence-electron chi connectivity index (χ1n) is 19.7. The van der Waals surface area contributed by atoms with Crippen LogP contribution in [-0.2, 0) is 23.0 Å². The van der Waals surface area contributed by atoms with Crippen molar-refractivity contribution in [1.29, 1.82) is 0 Å². The molecule has 2 fully saturated rings. The second-order valence-corrected chi connectivity index (χ2v) is 15.0. The van der Waals surface area contributed by atoms with Gasteiger partial charge >= 0.3 is 0 Å². The van der Waals surface area contributed by atoms with E-state index in [9.17, 15) is 14.4 Å². The van der Waals surface area contributed by atoms with Gasteiger partial charge in [0.2, 0.25) is 11.8 Å². The standard InChI is InChI=1S/C45H43N7O6/c1-28-6-14-40(43(53)49-28)52-44(54)36-13-10-32(22-37(36)45(52)55)51-26-34(27-51)57-18-3-5-31-9-11-33(24-47-31)56-19-4-20-58-42-15-8-30(23-48-42)29-7-12-35-38-25-46-17-16-39(38)50(2)41(35)21-29/h7-13,15-17,21-25,34,40H,1,3-6,14,18-20,26-27H2,2H3,(H,49,53). The second-order valence-electron chi connectivity index (χ2n) is 15.0. The third-order valence-electron chi connectivity index (χ3n) is 11.2. The molecule has 1 atom stereocenters. The molecule has 7 heterocycles. The first-order valence-corrected chi connectivity index (χ1v) is 19.7. The molecule has 4 aromatic heterocycles. The number of allylic oxidation sites excluding steroid dienone is 1. The number of aryl methyl sites for hydroxylation is 2. The van der Waals surface area contributed by atoms with Gasteiger partial charge in [-0.25, -0.2) is 4.98 Å². The molecule has 58 heavy (non-hydrogen) atoms. The van der Waals surface area contributed by atoms with Crippen molar-refractivity contribution in [3.8, 4) is 22.8 Å². The number of hydrogen-bond donors (Lipinski definition) is 1. The lowest BCUT2D eigenvalue weighted by molar-refractivity contribution is -0.125. The molecule has 294 valence electrons. The van der Waals surface area contributed by atoms with Crippen molar-refractivity contribution in [2.24, 2.45) is 7.05 Å². The van der Waals surface area contributed by atoms with Crippen LogP contribution in [0.4, 0.5) is 5.69 Å². The summed E-state index contributed by atoms with van der Waals surface area (Å²) in [4.78, 5) is 55.4. The van der Waals surface area contributed by atoms with Crippen molar-refractivity contribution in [2.45, 2.75) is 44.2 Å². The van der Waals surface area contributed by atoms with E-state index in [1.54, 1.807) is 18.3 Å². The number of benzene rings is 2. The summed E-state index contributed by atoms with van der Waals surface area (Å²) in [5.41, 5.74) is 7.53. The maximum atomic E-state index is 13.2. The smallest absolute Gasteiger partial charge is 0.262 e.